The third-order valence-corrected chi connectivity index (χ3v) is 2.35. The van der Waals surface area contributed by atoms with Crippen molar-refractivity contribution in [2.24, 2.45) is 0 Å². The lowest BCUT2D eigenvalue weighted by atomic mass is 9.96. The van der Waals surface area contributed by atoms with Crippen LogP contribution in [0, 0.1) is 11.6 Å². The van der Waals surface area contributed by atoms with Crippen LogP contribution in [-0.4, -0.2) is 18.2 Å². The number of carboxylic acid groups (broad SMARTS) is 1. The van der Waals surface area contributed by atoms with Crippen molar-refractivity contribution >= 4 is 5.97 Å². The minimum Gasteiger partial charge on any atom is -0.494 e. The second-order valence-corrected chi connectivity index (χ2v) is 3.31. The molecule has 0 aliphatic carbocycles. The lowest BCUT2D eigenvalue weighted by Crippen LogP contribution is -2.12. The van der Waals surface area contributed by atoms with Gasteiger partial charge in [-0.05, 0) is 12.5 Å². The van der Waals surface area contributed by atoms with Gasteiger partial charge in [0.05, 0.1) is 13.0 Å². The molecule has 0 heterocycles. The van der Waals surface area contributed by atoms with E-state index in [1.54, 1.807) is 6.92 Å². The molecule has 0 saturated carbocycles. The van der Waals surface area contributed by atoms with Crippen molar-refractivity contribution in [3.63, 3.8) is 0 Å². The standard InChI is InChI=1S/C11H12F2O3/c1-3-6(11(14)15)7-4-9(13)10(16-2)5-8(7)12/h4-6H,3H2,1-2H3,(H,14,15). The van der Waals surface area contributed by atoms with Crippen LogP contribution in [0.2, 0.25) is 0 Å². The number of benzene rings is 1. The minimum absolute atomic E-state index is 0.159. The van der Waals surface area contributed by atoms with Crippen molar-refractivity contribution in [1.82, 2.24) is 0 Å². The number of halogens is 2. The molecule has 0 aliphatic heterocycles. The zero-order chi connectivity index (χ0) is 12.3. The molecule has 0 aromatic heterocycles. The number of carboxylic acids is 1. The Morgan fingerprint density at radius 2 is 2.06 bits per heavy atom. The van der Waals surface area contributed by atoms with E-state index >= 15 is 0 Å². The lowest BCUT2D eigenvalue weighted by molar-refractivity contribution is -0.138. The molecule has 16 heavy (non-hydrogen) atoms. The topological polar surface area (TPSA) is 46.5 Å². The molecular weight excluding hydrogens is 218 g/mol. The molecule has 0 saturated heterocycles. The van der Waals surface area contributed by atoms with Gasteiger partial charge in [0.1, 0.15) is 5.82 Å². The van der Waals surface area contributed by atoms with Crippen LogP contribution < -0.4 is 4.74 Å². The summed E-state index contributed by atoms with van der Waals surface area (Å²) in [5.41, 5.74) is -0.159. The summed E-state index contributed by atoms with van der Waals surface area (Å²) >= 11 is 0. The normalized spacial score (nSPS) is 12.2. The fourth-order valence-electron chi connectivity index (χ4n) is 1.49. The van der Waals surface area contributed by atoms with Gasteiger partial charge < -0.3 is 9.84 Å². The predicted molar refractivity (Wildman–Crippen MR) is 53.6 cm³/mol. The quantitative estimate of drug-likeness (QED) is 0.864. The van der Waals surface area contributed by atoms with Gasteiger partial charge in [0.2, 0.25) is 0 Å². The Morgan fingerprint density at radius 1 is 1.44 bits per heavy atom. The molecule has 1 atom stereocenters. The summed E-state index contributed by atoms with van der Waals surface area (Å²) in [6.45, 7) is 1.60. The van der Waals surface area contributed by atoms with E-state index in [1.165, 1.54) is 7.11 Å². The number of ether oxygens (including phenoxy) is 1. The predicted octanol–water partition coefficient (Wildman–Crippen LogP) is 2.55. The van der Waals surface area contributed by atoms with E-state index in [2.05, 4.69) is 4.74 Å². The van der Waals surface area contributed by atoms with Crippen molar-refractivity contribution in [2.75, 3.05) is 7.11 Å². The maximum absolute atomic E-state index is 13.5. The average molecular weight is 230 g/mol. The van der Waals surface area contributed by atoms with Crippen molar-refractivity contribution in [3.05, 3.63) is 29.3 Å². The Bertz CT molecular complexity index is 404. The Hall–Kier alpha value is -1.65. The van der Waals surface area contributed by atoms with Crippen LogP contribution in [0.4, 0.5) is 8.78 Å². The van der Waals surface area contributed by atoms with Gasteiger partial charge in [-0.3, -0.25) is 4.79 Å². The second kappa shape index (κ2) is 4.92. The monoisotopic (exact) mass is 230 g/mol. The fraction of sp³-hybridized carbons (Fsp3) is 0.364. The van der Waals surface area contributed by atoms with E-state index in [9.17, 15) is 13.6 Å². The highest BCUT2D eigenvalue weighted by Crippen LogP contribution is 2.28. The maximum Gasteiger partial charge on any atom is 0.311 e. The van der Waals surface area contributed by atoms with E-state index in [1.807, 2.05) is 0 Å². The van der Waals surface area contributed by atoms with Crippen molar-refractivity contribution in [1.29, 1.82) is 0 Å². The molecule has 0 aliphatic rings. The SMILES string of the molecule is CCC(C(=O)O)c1cc(F)c(OC)cc1F. The summed E-state index contributed by atoms with van der Waals surface area (Å²) in [4.78, 5) is 10.8. The van der Waals surface area contributed by atoms with E-state index < -0.39 is 23.5 Å². The van der Waals surface area contributed by atoms with E-state index in [4.69, 9.17) is 5.11 Å². The van der Waals surface area contributed by atoms with Crippen molar-refractivity contribution in [3.8, 4) is 5.75 Å². The molecule has 5 heteroatoms. The van der Waals surface area contributed by atoms with E-state index in [0.29, 0.717) is 0 Å². The molecule has 0 radical (unpaired) electrons. The van der Waals surface area contributed by atoms with Gasteiger partial charge in [0.25, 0.3) is 0 Å². The highest BCUT2D eigenvalue weighted by Gasteiger charge is 2.23. The minimum atomic E-state index is -1.18. The van der Waals surface area contributed by atoms with Crippen molar-refractivity contribution in [2.45, 2.75) is 19.3 Å². The molecular formula is C11H12F2O3. The zero-order valence-corrected chi connectivity index (χ0v) is 8.96. The van der Waals surface area contributed by atoms with Crippen LogP contribution in [0.5, 0.6) is 5.75 Å². The van der Waals surface area contributed by atoms with Crippen LogP contribution in [0.1, 0.15) is 24.8 Å². The first-order valence-corrected chi connectivity index (χ1v) is 4.77. The van der Waals surface area contributed by atoms with Crippen LogP contribution >= 0.6 is 0 Å². The smallest absolute Gasteiger partial charge is 0.311 e. The molecule has 1 aromatic carbocycles. The molecule has 1 aromatic rings. The summed E-state index contributed by atoms with van der Waals surface area (Å²) in [6.07, 6.45) is 0.192. The molecule has 88 valence electrons. The Morgan fingerprint density at radius 3 is 2.50 bits per heavy atom. The number of carbonyl (C=O) groups is 1. The molecule has 1 rings (SSSR count). The first-order chi connectivity index (χ1) is 7.51. The van der Waals surface area contributed by atoms with Gasteiger partial charge in [0, 0.05) is 11.6 Å². The van der Waals surface area contributed by atoms with Gasteiger partial charge in [-0.2, -0.15) is 0 Å². The molecule has 0 spiro atoms. The van der Waals surface area contributed by atoms with E-state index in [-0.39, 0.29) is 17.7 Å². The number of hydrogen-bond acceptors (Lipinski definition) is 2. The lowest BCUT2D eigenvalue weighted by Gasteiger charge is -2.12. The van der Waals surface area contributed by atoms with Crippen LogP contribution in [0.3, 0.4) is 0 Å². The maximum atomic E-state index is 13.5. The van der Waals surface area contributed by atoms with E-state index in [0.717, 1.165) is 12.1 Å². The third kappa shape index (κ3) is 2.29. The zero-order valence-electron chi connectivity index (χ0n) is 8.96. The van der Waals surface area contributed by atoms with Crippen molar-refractivity contribution < 1.29 is 23.4 Å². The molecule has 1 unspecified atom stereocenters. The van der Waals surface area contributed by atoms with Gasteiger partial charge >= 0.3 is 5.97 Å². The largest absolute Gasteiger partial charge is 0.494 e. The highest BCUT2D eigenvalue weighted by atomic mass is 19.1. The first kappa shape index (κ1) is 12.4. The van der Waals surface area contributed by atoms with Gasteiger partial charge in [0.15, 0.2) is 11.6 Å². The summed E-state index contributed by atoms with van der Waals surface area (Å²) in [5.74, 6) is -3.99. The fourth-order valence-corrected chi connectivity index (χ4v) is 1.49. The summed E-state index contributed by atoms with van der Waals surface area (Å²) in [6, 6.07) is 1.73. The Balaban J connectivity index is 3.24. The molecule has 0 amide bonds. The highest BCUT2D eigenvalue weighted by molar-refractivity contribution is 5.76. The molecule has 1 N–H and O–H groups in total. The summed E-state index contributed by atoms with van der Waals surface area (Å²) < 4.78 is 31.4. The number of rotatable bonds is 4. The van der Waals surface area contributed by atoms with Gasteiger partial charge in [-0.1, -0.05) is 6.92 Å². The Labute approximate surface area is 91.7 Å². The van der Waals surface area contributed by atoms with Crippen LogP contribution in [0.25, 0.3) is 0 Å². The van der Waals surface area contributed by atoms with Gasteiger partial charge in [-0.25, -0.2) is 8.78 Å². The van der Waals surface area contributed by atoms with Crippen LogP contribution in [-0.2, 0) is 4.79 Å². The second-order valence-electron chi connectivity index (χ2n) is 3.31. The third-order valence-electron chi connectivity index (χ3n) is 2.35. The Kier molecular flexibility index (Phi) is 3.82. The number of aliphatic carboxylic acids is 1. The summed E-state index contributed by atoms with van der Waals surface area (Å²) in [7, 11) is 1.21. The average Bonchev–Trinajstić information content (AvgIpc) is 2.23. The van der Waals surface area contributed by atoms with Crippen LogP contribution in [0.15, 0.2) is 12.1 Å². The summed E-state index contributed by atoms with van der Waals surface area (Å²) in [5, 5.41) is 8.85. The molecule has 0 fully saturated rings. The number of methoxy groups -OCH3 is 1. The van der Waals surface area contributed by atoms with Gasteiger partial charge in [-0.15, -0.1) is 0 Å². The molecule has 3 nitrogen and oxygen atoms in total. The first-order valence-electron chi connectivity index (χ1n) is 4.77. The molecule has 0 bridgehead atoms. The number of hydrogen-bond donors (Lipinski definition) is 1.